The Bertz CT molecular complexity index is 608. The van der Waals surface area contributed by atoms with Gasteiger partial charge in [0.2, 0.25) is 0 Å². The Morgan fingerprint density at radius 3 is 2.74 bits per heavy atom. The highest BCUT2D eigenvalue weighted by Gasteiger charge is 2.18. The molecule has 0 spiro atoms. The molecule has 2 rings (SSSR count). The first kappa shape index (κ1) is 17.1. The Balaban J connectivity index is 2.11. The van der Waals surface area contributed by atoms with Crippen LogP contribution in [0.3, 0.4) is 0 Å². The van der Waals surface area contributed by atoms with Gasteiger partial charge in [-0.2, -0.15) is 5.10 Å². The first-order chi connectivity index (χ1) is 11.3. The molecule has 124 valence electrons. The van der Waals surface area contributed by atoms with Crippen LogP contribution in [0, 0.1) is 0 Å². The summed E-state index contributed by atoms with van der Waals surface area (Å²) < 4.78 is 6.97. The molecule has 0 atom stereocenters. The van der Waals surface area contributed by atoms with E-state index in [-0.39, 0.29) is 5.97 Å². The molecule has 0 saturated carbocycles. The zero-order chi connectivity index (χ0) is 16.5. The second-order valence-electron chi connectivity index (χ2n) is 5.37. The Hall–Kier alpha value is -2.30. The van der Waals surface area contributed by atoms with Crippen LogP contribution >= 0.6 is 0 Å². The molecule has 0 aliphatic rings. The molecule has 0 bridgehead atoms. The van der Waals surface area contributed by atoms with Crippen LogP contribution in [-0.4, -0.2) is 28.9 Å². The van der Waals surface area contributed by atoms with E-state index in [1.54, 1.807) is 6.20 Å². The van der Waals surface area contributed by atoms with E-state index >= 15 is 0 Å². The summed E-state index contributed by atoms with van der Waals surface area (Å²) >= 11 is 0. The van der Waals surface area contributed by atoms with Gasteiger partial charge >= 0.3 is 5.97 Å². The lowest BCUT2D eigenvalue weighted by atomic mass is 10.1. The predicted octanol–water partition coefficient (Wildman–Crippen LogP) is 3.51. The van der Waals surface area contributed by atoms with E-state index in [2.05, 4.69) is 29.5 Å². The minimum absolute atomic E-state index is 0.322. The van der Waals surface area contributed by atoms with Crippen LogP contribution in [-0.2, 0) is 17.7 Å². The molecule has 0 radical (unpaired) electrons. The van der Waals surface area contributed by atoms with E-state index in [4.69, 9.17) is 4.74 Å². The number of unbranched alkanes of at least 4 members (excludes halogenated alkanes) is 1. The standard InChI is InChI=1S/C18H25N3O2/c1-3-5-12-19-17-16(18(22)23-4-2)14-20-21(17)13-11-15-9-7-6-8-10-15/h6-10,14,19H,3-5,11-13H2,1-2H3. The Kier molecular flexibility index (Phi) is 6.66. The van der Waals surface area contributed by atoms with E-state index in [9.17, 15) is 4.79 Å². The van der Waals surface area contributed by atoms with Gasteiger partial charge in [0, 0.05) is 13.1 Å². The number of benzene rings is 1. The highest BCUT2D eigenvalue weighted by molar-refractivity contribution is 5.94. The molecule has 0 aliphatic carbocycles. The van der Waals surface area contributed by atoms with Crippen molar-refractivity contribution >= 4 is 11.8 Å². The third kappa shape index (κ3) is 4.84. The number of rotatable bonds is 9. The molecule has 1 aromatic carbocycles. The number of aryl methyl sites for hydroxylation is 2. The Labute approximate surface area is 137 Å². The summed E-state index contributed by atoms with van der Waals surface area (Å²) in [6, 6.07) is 10.3. The molecule has 1 N–H and O–H groups in total. The quantitative estimate of drug-likeness (QED) is 0.568. The van der Waals surface area contributed by atoms with Gasteiger partial charge in [-0.3, -0.25) is 0 Å². The first-order valence-corrected chi connectivity index (χ1v) is 8.27. The fourth-order valence-electron chi connectivity index (χ4n) is 2.36. The zero-order valence-corrected chi connectivity index (χ0v) is 13.9. The van der Waals surface area contributed by atoms with Crippen LogP contribution in [0.15, 0.2) is 36.5 Å². The van der Waals surface area contributed by atoms with Crippen LogP contribution in [0.2, 0.25) is 0 Å². The molecule has 23 heavy (non-hydrogen) atoms. The summed E-state index contributed by atoms with van der Waals surface area (Å²) in [7, 11) is 0. The van der Waals surface area contributed by atoms with Crippen molar-refractivity contribution < 1.29 is 9.53 Å². The SMILES string of the molecule is CCCCNc1c(C(=O)OCC)cnn1CCc1ccccc1. The topological polar surface area (TPSA) is 56.1 Å². The number of aromatic nitrogens is 2. The molecular formula is C18H25N3O2. The van der Waals surface area contributed by atoms with E-state index < -0.39 is 0 Å². The number of hydrogen-bond donors (Lipinski definition) is 1. The normalized spacial score (nSPS) is 10.5. The van der Waals surface area contributed by atoms with E-state index in [0.29, 0.717) is 12.2 Å². The third-order valence-corrected chi connectivity index (χ3v) is 3.61. The number of esters is 1. The van der Waals surface area contributed by atoms with E-state index in [0.717, 1.165) is 38.2 Å². The molecule has 0 saturated heterocycles. The fraction of sp³-hybridized carbons (Fsp3) is 0.444. The van der Waals surface area contributed by atoms with Gasteiger partial charge in [-0.15, -0.1) is 0 Å². The third-order valence-electron chi connectivity index (χ3n) is 3.61. The maximum Gasteiger partial charge on any atom is 0.343 e. The van der Waals surface area contributed by atoms with Crippen molar-refractivity contribution in [3.05, 3.63) is 47.7 Å². The van der Waals surface area contributed by atoms with Gasteiger partial charge in [-0.05, 0) is 25.3 Å². The van der Waals surface area contributed by atoms with E-state index in [1.807, 2.05) is 29.8 Å². The summed E-state index contributed by atoms with van der Waals surface area (Å²) in [5.41, 5.74) is 1.76. The molecule has 2 aromatic rings. The minimum Gasteiger partial charge on any atom is -0.462 e. The maximum atomic E-state index is 12.1. The van der Waals surface area contributed by atoms with Gasteiger partial charge in [0.15, 0.2) is 0 Å². The summed E-state index contributed by atoms with van der Waals surface area (Å²) in [5.74, 6) is 0.435. The van der Waals surface area contributed by atoms with Crippen molar-refractivity contribution in [3.63, 3.8) is 0 Å². The van der Waals surface area contributed by atoms with Gasteiger partial charge < -0.3 is 10.1 Å². The number of anilines is 1. The monoisotopic (exact) mass is 315 g/mol. The Morgan fingerprint density at radius 2 is 2.04 bits per heavy atom. The van der Waals surface area contributed by atoms with Gasteiger partial charge in [0.1, 0.15) is 11.4 Å². The first-order valence-electron chi connectivity index (χ1n) is 8.27. The molecule has 1 heterocycles. The van der Waals surface area contributed by atoms with Gasteiger partial charge in [-0.25, -0.2) is 9.48 Å². The smallest absolute Gasteiger partial charge is 0.343 e. The molecule has 0 amide bonds. The van der Waals surface area contributed by atoms with Crippen LogP contribution in [0.1, 0.15) is 42.6 Å². The lowest BCUT2D eigenvalue weighted by Gasteiger charge is -2.11. The summed E-state index contributed by atoms with van der Waals surface area (Å²) in [4.78, 5) is 12.1. The molecule has 1 aromatic heterocycles. The number of nitrogens with zero attached hydrogens (tertiary/aromatic N) is 2. The summed E-state index contributed by atoms with van der Waals surface area (Å²) in [6.45, 7) is 5.85. The van der Waals surface area contributed by atoms with Crippen molar-refractivity contribution in [1.29, 1.82) is 0 Å². The molecule has 5 heteroatoms. The molecule has 5 nitrogen and oxygen atoms in total. The molecule has 0 fully saturated rings. The summed E-state index contributed by atoms with van der Waals surface area (Å²) in [5, 5.41) is 7.70. The number of hydrogen-bond acceptors (Lipinski definition) is 4. The van der Waals surface area contributed by atoms with Crippen molar-refractivity contribution in [2.75, 3.05) is 18.5 Å². The maximum absolute atomic E-state index is 12.1. The lowest BCUT2D eigenvalue weighted by Crippen LogP contribution is -2.14. The van der Waals surface area contributed by atoms with Crippen LogP contribution < -0.4 is 5.32 Å². The minimum atomic E-state index is -0.322. The average Bonchev–Trinajstić information content (AvgIpc) is 2.97. The van der Waals surface area contributed by atoms with Crippen LogP contribution in [0.25, 0.3) is 0 Å². The van der Waals surface area contributed by atoms with Gasteiger partial charge in [-0.1, -0.05) is 43.7 Å². The Morgan fingerprint density at radius 1 is 1.26 bits per heavy atom. The van der Waals surface area contributed by atoms with Crippen molar-refractivity contribution in [2.24, 2.45) is 0 Å². The highest BCUT2D eigenvalue weighted by atomic mass is 16.5. The number of carbonyl (C=O) groups excluding carboxylic acids is 1. The molecule has 0 unspecified atom stereocenters. The van der Waals surface area contributed by atoms with Gasteiger partial charge in [0.25, 0.3) is 0 Å². The van der Waals surface area contributed by atoms with Gasteiger partial charge in [0.05, 0.1) is 12.8 Å². The number of nitrogens with one attached hydrogen (secondary N) is 1. The second-order valence-corrected chi connectivity index (χ2v) is 5.37. The van der Waals surface area contributed by atoms with Crippen LogP contribution in [0.4, 0.5) is 5.82 Å². The van der Waals surface area contributed by atoms with Crippen molar-refractivity contribution in [3.8, 4) is 0 Å². The summed E-state index contributed by atoms with van der Waals surface area (Å²) in [6.07, 6.45) is 4.61. The molecular weight excluding hydrogens is 290 g/mol. The lowest BCUT2D eigenvalue weighted by molar-refractivity contribution is 0.0527. The largest absolute Gasteiger partial charge is 0.462 e. The highest BCUT2D eigenvalue weighted by Crippen LogP contribution is 2.18. The van der Waals surface area contributed by atoms with E-state index in [1.165, 1.54) is 5.56 Å². The molecule has 0 aliphatic heterocycles. The van der Waals surface area contributed by atoms with Crippen molar-refractivity contribution in [2.45, 2.75) is 39.7 Å². The number of carbonyl (C=O) groups is 1. The van der Waals surface area contributed by atoms with Crippen LogP contribution in [0.5, 0.6) is 0 Å². The predicted molar refractivity (Wildman–Crippen MR) is 91.7 cm³/mol. The van der Waals surface area contributed by atoms with Crippen molar-refractivity contribution in [1.82, 2.24) is 9.78 Å². The fourth-order valence-corrected chi connectivity index (χ4v) is 2.36. The second kappa shape index (κ2) is 8.98. The number of ether oxygens (including phenoxy) is 1. The zero-order valence-electron chi connectivity index (χ0n) is 13.9. The average molecular weight is 315 g/mol.